The van der Waals surface area contributed by atoms with Crippen LogP contribution in [0, 0.1) is 0 Å². The van der Waals surface area contributed by atoms with Crippen molar-refractivity contribution >= 4 is 16.8 Å². The highest BCUT2D eigenvalue weighted by molar-refractivity contribution is 5.83. The van der Waals surface area contributed by atoms with Crippen molar-refractivity contribution in [3.63, 3.8) is 0 Å². The van der Waals surface area contributed by atoms with Crippen LogP contribution in [0.2, 0.25) is 0 Å². The Balaban J connectivity index is 1.52. The topological polar surface area (TPSA) is 65.1 Å². The van der Waals surface area contributed by atoms with Gasteiger partial charge < -0.3 is 15.4 Å². The molecule has 0 saturated carbocycles. The summed E-state index contributed by atoms with van der Waals surface area (Å²) < 4.78 is 0. The molecule has 1 amide bonds. The van der Waals surface area contributed by atoms with Crippen molar-refractivity contribution in [3.8, 4) is 0 Å². The van der Waals surface area contributed by atoms with E-state index in [0.717, 1.165) is 23.9 Å². The Kier molecular flexibility index (Phi) is 5.29. The second kappa shape index (κ2) is 7.79. The Hall–Kier alpha value is -2.59. The Bertz CT molecular complexity index is 796. The highest BCUT2D eigenvalue weighted by Crippen LogP contribution is 2.19. The lowest BCUT2D eigenvalue weighted by molar-refractivity contribution is -0.122. The smallest absolute Gasteiger partial charge is 0.220 e. The van der Waals surface area contributed by atoms with Crippen LogP contribution in [0.5, 0.6) is 0 Å². The molecule has 1 heterocycles. The summed E-state index contributed by atoms with van der Waals surface area (Å²) in [5, 5.41) is 13.6. The fraction of sp³-hybridized carbons (Fsp3) is 0.250. The van der Waals surface area contributed by atoms with E-state index in [-0.39, 0.29) is 18.6 Å². The van der Waals surface area contributed by atoms with Gasteiger partial charge in [-0.1, -0.05) is 48.5 Å². The van der Waals surface area contributed by atoms with Gasteiger partial charge in [-0.3, -0.25) is 4.79 Å². The van der Waals surface area contributed by atoms with Gasteiger partial charge in [0.1, 0.15) is 0 Å². The summed E-state index contributed by atoms with van der Waals surface area (Å²) in [5.41, 5.74) is 3.28. The van der Waals surface area contributed by atoms with Gasteiger partial charge in [0.05, 0.1) is 12.6 Å². The van der Waals surface area contributed by atoms with E-state index in [9.17, 15) is 9.90 Å². The van der Waals surface area contributed by atoms with E-state index in [1.807, 2.05) is 48.7 Å². The van der Waals surface area contributed by atoms with Crippen LogP contribution < -0.4 is 5.32 Å². The highest BCUT2D eigenvalue weighted by Gasteiger charge is 2.13. The number of hydrogen-bond acceptors (Lipinski definition) is 2. The number of aliphatic hydroxyl groups excluding tert-OH is 1. The first kappa shape index (κ1) is 16.3. The molecule has 24 heavy (non-hydrogen) atoms. The highest BCUT2D eigenvalue weighted by atomic mass is 16.3. The van der Waals surface area contributed by atoms with Gasteiger partial charge in [0.2, 0.25) is 5.91 Å². The summed E-state index contributed by atoms with van der Waals surface area (Å²) in [7, 11) is 0. The largest absolute Gasteiger partial charge is 0.394 e. The fourth-order valence-corrected chi connectivity index (χ4v) is 2.96. The average Bonchev–Trinajstić information content (AvgIpc) is 3.04. The lowest BCUT2D eigenvalue weighted by Crippen LogP contribution is -2.30. The van der Waals surface area contributed by atoms with E-state index in [1.54, 1.807) is 0 Å². The molecule has 3 rings (SSSR count). The summed E-state index contributed by atoms with van der Waals surface area (Å²) >= 11 is 0. The predicted molar refractivity (Wildman–Crippen MR) is 95.6 cm³/mol. The van der Waals surface area contributed by atoms with Crippen molar-refractivity contribution in [1.82, 2.24) is 10.3 Å². The van der Waals surface area contributed by atoms with Crippen molar-refractivity contribution in [1.29, 1.82) is 0 Å². The van der Waals surface area contributed by atoms with Crippen LogP contribution in [0.25, 0.3) is 10.9 Å². The number of nitrogens with one attached hydrogen (secondary N) is 2. The molecule has 124 valence electrons. The molecule has 0 spiro atoms. The Morgan fingerprint density at radius 3 is 2.62 bits per heavy atom. The first-order valence-electron chi connectivity index (χ1n) is 8.28. The first-order chi connectivity index (χ1) is 11.8. The van der Waals surface area contributed by atoms with Gasteiger partial charge in [0, 0.05) is 23.5 Å². The van der Waals surface area contributed by atoms with E-state index < -0.39 is 0 Å². The summed E-state index contributed by atoms with van der Waals surface area (Å²) in [4.78, 5) is 15.4. The van der Waals surface area contributed by atoms with Gasteiger partial charge in [-0.2, -0.15) is 0 Å². The molecule has 0 radical (unpaired) electrons. The molecular weight excluding hydrogens is 300 g/mol. The quantitative estimate of drug-likeness (QED) is 0.624. The van der Waals surface area contributed by atoms with Crippen LogP contribution in [0.1, 0.15) is 30.0 Å². The minimum Gasteiger partial charge on any atom is -0.394 e. The minimum atomic E-state index is -0.341. The molecule has 0 aliphatic heterocycles. The molecule has 1 aromatic heterocycles. The Labute approximate surface area is 141 Å². The third kappa shape index (κ3) is 3.84. The number of hydrogen-bond donors (Lipinski definition) is 3. The lowest BCUT2D eigenvalue weighted by atomic mass is 10.1. The maximum Gasteiger partial charge on any atom is 0.220 e. The normalized spacial score (nSPS) is 12.2. The van der Waals surface area contributed by atoms with Crippen LogP contribution in [-0.4, -0.2) is 22.6 Å². The van der Waals surface area contributed by atoms with Crippen molar-refractivity contribution in [2.24, 2.45) is 0 Å². The average molecular weight is 322 g/mol. The molecule has 0 saturated heterocycles. The zero-order chi connectivity index (χ0) is 16.8. The first-order valence-corrected chi connectivity index (χ1v) is 8.28. The van der Waals surface area contributed by atoms with Crippen LogP contribution in [0.3, 0.4) is 0 Å². The van der Waals surface area contributed by atoms with Crippen LogP contribution in [-0.2, 0) is 11.2 Å². The Morgan fingerprint density at radius 2 is 1.83 bits per heavy atom. The maximum absolute atomic E-state index is 12.1. The van der Waals surface area contributed by atoms with Gasteiger partial charge in [-0.05, 0) is 30.0 Å². The predicted octanol–water partition coefficient (Wildman–Crippen LogP) is 3.34. The van der Waals surface area contributed by atoms with Crippen molar-refractivity contribution in [3.05, 3.63) is 71.9 Å². The summed E-state index contributed by atoms with van der Waals surface area (Å²) in [6, 6.07) is 17.4. The molecule has 0 aliphatic carbocycles. The standard InChI is InChI=1S/C20H22N2O2/c23-14-19(15-7-2-1-3-8-15)22-20(24)12-6-9-16-13-21-18-11-5-4-10-17(16)18/h1-5,7-8,10-11,13,19,21,23H,6,9,12,14H2,(H,22,24). The number of carbonyl (C=O) groups is 1. The summed E-state index contributed by atoms with van der Waals surface area (Å²) in [5.74, 6) is -0.0299. The monoisotopic (exact) mass is 322 g/mol. The molecule has 4 heteroatoms. The minimum absolute atomic E-state index is 0.0299. The molecular formula is C20H22N2O2. The lowest BCUT2D eigenvalue weighted by Gasteiger charge is -2.16. The third-order valence-electron chi connectivity index (χ3n) is 4.24. The zero-order valence-electron chi connectivity index (χ0n) is 13.5. The van der Waals surface area contributed by atoms with Gasteiger partial charge in [0.25, 0.3) is 0 Å². The number of benzene rings is 2. The number of aryl methyl sites for hydroxylation is 1. The van der Waals surface area contributed by atoms with Crippen molar-refractivity contribution < 1.29 is 9.90 Å². The zero-order valence-corrected chi connectivity index (χ0v) is 13.5. The number of H-pyrrole nitrogens is 1. The number of carbonyl (C=O) groups excluding carboxylic acids is 1. The van der Waals surface area contributed by atoms with Gasteiger partial charge in [0.15, 0.2) is 0 Å². The van der Waals surface area contributed by atoms with E-state index >= 15 is 0 Å². The third-order valence-corrected chi connectivity index (χ3v) is 4.24. The second-order valence-corrected chi connectivity index (χ2v) is 5.93. The molecule has 1 atom stereocenters. The number of fused-ring (bicyclic) bond motifs is 1. The van der Waals surface area contributed by atoms with Gasteiger partial charge >= 0.3 is 0 Å². The molecule has 3 N–H and O–H groups in total. The van der Waals surface area contributed by atoms with Crippen molar-refractivity contribution in [2.75, 3.05) is 6.61 Å². The van der Waals surface area contributed by atoms with Gasteiger partial charge in [-0.15, -0.1) is 0 Å². The molecule has 1 unspecified atom stereocenters. The Morgan fingerprint density at radius 1 is 1.08 bits per heavy atom. The van der Waals surface area contributed by atoms with E-state index in [4.69, 9.17) is 0 Å². The molecule has 2 aromatic carbocycles. The molecule has 0 bridgehead atoms. The van der Waals surface area contributed by atoms with Crippen LogP contribution in [0.4, 0.5) is 0 Å². The summed E-state index contributed by atoms with van der Waals surface area (Å²) in [6.07, 6.45) is 4.10. The molecule has 0 aliphatic rings. The fourth-order valence-electron chi connectivity index (χ4n) is 2.96. The number of para-hydroxylation sites is 1. The number of aromatic amines is 1. The second-order valence-electron chi connectivity index (χ2n) is 5.93. The maximum atomic E-state index is 12.1. The molecule has 4 nitrogen and oxygen atoms in total. The number of aliphatic hydroxyl groups is 1. The van der Waals surface area contributed by atoms with E-state index in [2.05, 4.69) is 22.4 Å². The number of aromatic nitrogens is 1. The summed E-state index contributed by atoms with van der Waals surface area (Å²) in [6.45, 7) is -0.0990. The number of rotatable bonds is 7. The molecule has 3 aromatic rings. The molecule has 0 fully saturated rings. The SMILES string of the molecule is O=C(CCCc1c[nH]c2ccccc12)NC(CO)c1ccccc1. The van der Waals surface area contributed by atoms with E-state index in [0.29, 0.717) is 6.42 Å². The van der Waals surface area contributed by atoms with Crippen LogP contribution >= 0.6 is 0 Å². The van der Waals surface area contributed by atoms with E-state index in [1.165, 1.54) is 10.9 Å². The van der Waals surface area contributed by atoms with Crippen molar-refractivity contribution in [2.45, 2.75) is 25.3 Å². The number of amides is 1. The van der Waals surface area contributed by atoms with Gasteiger partial charge in [-0.25, -0.2) is 0 Å². The van der Waals surface area contributed by atoms with Crippen LogP contribution in [0.15, 0.2) is 60.8 Å².